The van der Waals surface area contributed by atoms with Crippen LogP contribution < -0.4 is 5.43 Å². The summed E-state index contributed by atoms with van der Waals surface area (Å²) in [6.07, 6.45) is 1.34. The molecule has 0 amide bonds. The van der Waals surface area contributed by atoms with Gasteiger partial charge in [-0.15, -0.1) is 0 Å². The van der Waals surface area contributed by atoms with E-state index in [1.54, 1.807) is 35.8 Å². The normalized spacial score (nSPS) is 10.4. The largest absolute Gasteiger partial charge is 0.508 e. The number of aryl methyl sites for hydroxylation is 1. The van der Waals surface area contributed by atoms with Gasteiger partial charge in [-0.3, -0.25) is 4.79 Å². The van der Waals surface area contributed by atoms with Gasteiger partial charge in [0.1, 0.15) is 11.3 Å². The molecule has 0 saturated carbocycles. The van der Waals surface area contributed by atoms with Crippen molar-refractivity contribution in [1.82, 2.24) is 4.57 Å². The number of rotatable bonds is 3. The summed E-state index contributed by atoms with van der Waals surface area (Å²) in [7, 11) is 0. The maximum Gasteiger partial charge on any atom is 0.341 e. The van der Waals surface area contributed by atoms with E-state index in [1.807, 2.05) is 0 Å². The summed E-state index contributed by atoms with van der Waals surface area (Å²) in [5, 5.41) is 18.1. The third-order valence-corrected chi connectivity index (χ3v) is 2.86. The van der Waals surface area contributed by atoms with Crippen molar-refractivity contribution in [3.63, 3.8) is 0 Å². The molecule has 0 aliphatic carbocycles. The first-order valence-corrected chi connectivity index (χ1v) is 5.69. The van der Waals surface area contributed by atoms with Gasteiger partial charge in [0.25, 0.3) is 0 Å². The number of hydrogen-bond donors (Lipinski definition) is 2. The van der Waals surface area contributed by atoms with Gasteiger partial charge in [-0.05, 0) is 24.6 Å². The van der Waals surface area contributed by atoms with Gasteiger partial charge in [0.15, 0.2) is 5.43 Å². The Kier molecular flexibility index (Phi) is 3.37. The number of carboxylic acid groups (broad SMARTS) is 1. The van der Waals surface area contributed by atoms with E-state index in [0.717, 1.165) is 5.56 Å². The highest BCUT2D eigenvalue weighted by Gasteiger charge is 2.10. The highest BCUT2D eigenvalue weighted by atomic mass is 16.4. The van der Waals surface area contributed by atoms with Gasteiger partial charge in [0, 0.05) is 24.5 Å². The maximum absolute atomic E-state index is 11.5. The van der Waals surface area contributed by atoms with Crippen molar-refractivity contribution in [2.24, 2.45) is 0 Å². The predicted molar refractivity (Wildman–Crippen MR) is 69.6 cm³/mol. The van der Waals surface area contributed by atoms with Crippen molar-refractivity contribution in [3.05, 3.63) is 63.6 Å². The van der Waals surface area contributed by atoms with Crippen LogP contribution in [0.1, 0.15) is 21.6 Å². The van der Waals surface area contributed by atoms with Crippen LogP contribution in [0.3, 0.4) is 0 Å². The predicted octanol–water partition coefficient (Wildman–Crippen LogP) is 1.61. The Balaban J connectivity index is 2.39. The Morgan fingerprint density at radius 1 is 1.26 bits per heavy atom. The number of aromatic hydroxyl groups is 1. The number of carboxylic acids is 1. The van der Waals surface area contributed by atoms with E-state index in [2.05, 4.69) is 0 Å². The summed E-state index contributed by atoms with van der Waals surface area (Å²) >= 11 is 0. The number of phenolic OH excluding ortho intramolecular Hbond substituents is 1. The topological polar surface area (TPSA) is 79.5 Å². The van der Waals surface area contributed by atoms with Crippen LogP contribution in [0.25, 0.3) is 0 Å². The average molecular weight is 259 g/mol. The summed E-state index contributed by atoms with van der Waals surface area (Å²) < 4.78 is 1.69. The first-order chi connectivity index (χ1) is 8.97. The molecule has 0 spiro atoms. The Hall–Kier alpha value is -2.56. The zero-order chi connectivity index (χ0) is 14.0. The standard InChI is InChI=1S/C14H13NO4/c1-9-6-13(17)12(14(18)19)8-15(9)7-10-2-4-11(16)5-3-10/h2-6,8,16H,7H2,1H3,(H,18,19). The second-order valence-corrected chi connectivity index (χ2v) is 4.29. The molecular weight excluding hydrogens is 246 g/mol. The van der Waals surface area contributed by atoms with Gasteiger partial charge >= 0.3 is 5.97 Å². The maximum atomic E-state index is 11.5. The van der Waals surface area contributed by atoms with Gasteiger partial charge in [-0.1, -0.05) is 12.1 Å². The monoisotopic (exact) mass is 259 g/mol. The van der Waals surface area contributed by atoms with Crippen molar-refractivity contribution in [1.29, 1.82) is 0 Å². The molecular formula is C14H13NO4. The quantitative estimate of drug-likeness (QED) is 0.877. The molecule has 0 bridgehead atoms. The molecule has 2 aromatic rings. The van der Waals surface area contributed by atoms with E-state index >= 15 is 0 Å². The van der Waals surface area contributed by atoms with Crippen molar-refractivity contribution < 1.29 is 15.0 Å². The lowest BCUT2D eigenvalue weighted by atomic mass is 10.2. The average Bonchev–Trinajstić information content (AvgIpc) is 2.34. The van der Waals surface area contributed by atoms with Crippen LogP contribution in [-0.4, -0.2) is 20.7 Å². The smallest absolute Gasteiger partial charge is 0.341 e. The third kappa shape index (κ3) is 2.82. The van der Waals surface area contributed by atoms with Gasteiger partial charge in [-0.25, -0.2) is 4.79 Å². The van der Waals surface area contributed by atoms with E-state index in [9.17, 15) is 14.7 Å². The lowest BCUT2D eigenvalue weighted by Gasteiger charge is -2.11. The van der Waals surface area contributed by atoms with Crippen LogP contribution in [0, 0.1) is 6.92 Å². The van der Waals surface area contributed by atoms with Gasteiger partial charge in [-0.2, -0.15) is 0 Å². The van der Waals surface area contributed by atoms with E-state index in [1.165, 1.54) is 12.3 Å². The minimum Gasteiger partial charge on any atom is -0.508 e. The Morgan fingerprint density at radius 2 is 1.89 bits per heavy atom. The number of carbonyl (C=O) groups is 1. The van der Waals surface area contributed by atoms with Gasteiger partial charge in [0.05, 0.1) is 0 Å². The minimum absolute atomic E-state index is 0.173. The molecule has 1 heterocycles. The molecule has 98 valence electrons. The molecule has 0 unspecified atom stereocenters. The Morgan fingerprint density at radius 3 is 2.47 bits per heavy atom. The van der Waals surface area contributed by atoms with Crippen LogP contribution >= 0.6 is 0 Å². The first kappa shape index (κ1) is 12.9. The molecule has 5 nitrogen and oxygen atoms in total. The highest BCUT2D eigenvalue weighted by Crippen LogP contribution is 2.12. The van der Waals surface area contributed by atoms with Crippen molar-refractivity contribution in [3.8, 4) is 5.75 Å². The second-order valence-electron chi connectivity index (χ2n) is 4.29. The van der Waals surface area contributed by atoms with Gasteiger partial charge < -0.3 is 14.8 Å². The molecule has 5 heteroatoms. The van der Waals surface area contributed by atoms with E-state index in [-0.39, 0.29) is 11.3 Å². The van der Waals surface area contributed by atoms with Crippen LogP contribution in [0.4, 0.5) is 0 Å². The molecule has 0 fully saturated rings. The van der Waals surface area contributed by atoms with Crippen molar-refractivity contribution in [2.75, 3.05) is 0 Å². The molecule has 1 aromatic carbocycles. The number of aromatic carboxylic acids is 1. The van der Waals surface area contributed by atoms with Crippen molar-refractivity contribution >= 4 is 5.97 Å². The lowest BCUT2D eigenvalue weighted by Crippen LogP contribution is -2.19. The molecule has 19 heavy (non-hydrogen) atoms. The minimum atomic E-state index is -1.23. The Labute approximate surface area is 109 Å². The molecule has 2 rings (SSSR count). The second kappa shape index (κ2) is 4.97. The Bertz CT molecular complexity index is 671. The van der Waals surface area contributed by atoms with Crippen LogP contribution in [0.2, 0.25) is 0 Å². The van der Waals surface area contributed by atoms with E-state index in [0.29, 0.717) is 12.2 Å². The fourth-order valence-corrected chi connectivity index (χ4v) is 1.80. The first-order valence-electron chi connectivity index (χ1n) is 5.69. The zero-order valence-corrected chi connectivity index (χ0v) is 10.3. The fourth-order valence-electron chi connectivity index (χ4n) is 1.80. The SMILES string of the molecule is Cc1cc(=O)c(C(=O)O)cn1Cc1ccc(O)cc1. The summed E-state index contributed by atoms with van der Waals surface area (Å²) in [5.41, 5.74) is 0.847. The van der Waals surface area contributed by atoms with E-state index < -0.39 is 11.4 Å². The van der Waals surface area contributed by atoms with Crippen LogP contribution in [-0.2, 0) is 6.54 Å². The highest BCUT2D eigenvalue weighted by molar-refractivity contribution is 5.87. The number of benzene rings is 1. The van der Waals surface area contributed by atoms with Crippen LogP contribution in [0.15, 0.2) is 41.3 Å². The molecule has 1 aromatic heterocycles. The third-order valence-electron chi connectivity index (χ3n) is 2.86. The number of phenols is 1. The summed E-state index contributed by atoms with van der Waals surface area (Å²) in [5.74, 6) is -1.06. The fraction of sp³-hybridized carbons (Fsp3) is 0.143. The number of pyridine rings is 1. The van der Waals surface area contributed by atoms with Crippen molar-refractivity contribution in [2.45, 2.75) is 13.5 Å². The molecule has 0 atom stereocenters. The lowest BCUT2D eigenvalue weighted by molar-refractivity contribution is 0.0694. The van der Waals surface area contributed by atoms with Crippen LogP contribution in [0.5, 0.6) is 5.75 Å². The molecule has 0 radical (unpaired) electrons. The number of aromatic nitrogens is 1. The summed E-state index contributed by atoms with van der Waals surface area (Å²) in [4.78, 5) is 22.4. The number of hydrogen-bond acceptors (Lipinski definition) is 3. The summed E-state index contributed by atoms with van der Waals surface area (Å²) in [6, 6.07) is 7.92. The zero-order valence-electron chi connectivity index (χ0n) is 10.3. The molecule has 0 saturated heterocycles. The molecule has 0 aliphatic rings. The summed E-state index contributed by atoms with van der Waals surface area (Å²) in [6.45, 7) is 2.18. The van der Waals surface area contributed by atoms with E-state index in [4.69, 9.17) is 5.11 Å². The molecule has 2 N–H and O–H groups in total. The molecule has 0 aliphatic heterocycles. The number of nitrogens with zero attached hydrogens (tertiary/aromatic N) is 1. The van der Waals surface area contributed by atoms with Gasteiger partial charge in [0.2, 0.25) is 0 Å².